The topological polar surface area (TPSA) is 47.3 Å². The smallest absolute Gasteiger partial charge is 0.0592 e. The van der Waals surface area contributed by atoms with Crippen molar-refractivity contribution >= 4 is 11.4 Å². The molecule has 1 fully saturated rings. The van der Waals surface area contributed by atoms with Crippen LogP contribution in [0.4, 0.5) is 11.4 Å². The first-order chi connectivity index (χ1) is 7.66. The molecule has 0 saturated carbocycles. The Labute approximate surface area is 97.0 Å². The number of nitrogens with two attached hydrogens (primary N) is 1. The molecule has 0 aliphatic carbocycles. The predicted molar refractivity (Wildman–Crippen MR) is 67.6 cm³/mol. The van der Waals surface area contributed by atoms with Gasteiger partial charge >= 0.3 is 0 Å². The Bertz CT molecular complexity index is 365. The van der Waals surface area contributed by atoms with Gasteiger partial charge in [0.15, 0.2) is 0 Å². The van der Waals surface area contributed by atoms with Crippen molar-refractivity contribution in [3.8, 4) is 0 Å². The first-order valence-corrected chi connectivity index (χ1v) is 5.88. The highest BCUT2D eigenvalue weighted by atomic mass is 16.5. The zero-order valence-electron chi connectivity index (χ0n) is 9.99. The van der Waals surface area contributed by atoms with Crippen LogP contribution in [0.5, 0.6) is 0 Å². The molecule has 3 N–H and O–H groups in total. The van der Waals surface area contributed by atoms with E-state index in [9.17, 15) is 0 Å². The summed E-state index contributed by atoms with van der Waals surface area (Å²) >= 11 is 0. The van der Waals surface area contributed by atoms with Crippen LogP contribution in [0, 0.1) is 12.8 Å². The maximum Gasteiger partial charge on any atom is 0.0592 e. The van der Waals surface area contributed by atoms with E-state index < -0.39 is 0 Å². The van der Waals surface area contributed by atoms with Crippen LogP contribution in [0.2, 0.25) is 0 Å². The number of rotatable bonds is 3. The number of ether oxygens (including phenoxy) is 1. The number of benzene rings is 1. The minimum atomic E-state index is 0.360. The van der Waals surface area contributed by atoms with Gasteiger partial charge in [0.2, 0.25) is 0 Å². The lowest BCUT2D eigenvalue weighted by Crippen LogP contribution is -2.21. The molecule has 1 aromatic carbocycles. The highest BCUT2D eigenvalue weighted by molar-refractivity contribution is 5.66. The molecular formula is C13H20N2O. The van der Waals surface area contributed by atoms with Gasteiger partial charge in [-0.1, -0.05) is 6.07 Å². The van der Waals surface area contributed by atoms with Crippen LogP contribution in [-0.4, -0.2) is 19.3 Å². The third-order valence-electron chi connectivity index (χ3n) is 3.30. The van der Waals surface area contributed by atoms with E-state index in [-0.39, 0.29) is 0 Å². The van der Waals surface area contributed by atoms with Gasteiger partial charge in [-0.05, 0) is 38.0 Å². The average Bonchev–Trinajstić information content (AvgIpc) is 2.66. The number of aryl methyl sites for hydroxylation is 1. The second-order valence-electron chi connectivity index (χ2n) is 4.60. The lowest BCUT2D eigenvalue weighted by atomic mass is 10.0. The third-order valence-corrected chi connectivity index (χ3v) is 3.30. The quantitative estimate of drug-likeness (QED) is 0.769. The number of anilines is 2. The van der Waals surface area contributed by atoms with Gasteiger partial charge in [0, 0.05) is 19.1 Å². The van der Waals surface area contributed by atoms with Crippen molar-refractivity contribution in [3.05, 3.63) is 23.8 Å². The van der Waals surface area contributed by atoms with Crippen molar-refractivity contribution in [1.82, 2.24) is 0 Å². The van der Waals surface area contributed by atoms with Crippen molar-refractivity contribution in [2.75, 3.05) is 24.2 Å². The van der Waals surface area contributed by atoms with Crippen molar-refractivity contribution < 1.29 is 4.74 Å². The SMILES string of the molecule is Cc1ccc(N)c(NCC2CCOC2C)c1. The van der Waals surface area contributed by atoms with Crippen molar-refractivity contribution in [3.63, 3.8) is 0 Å². The molecule has 0 amide bonds. The lowest BCUT2D eigenvalue weighted by molar-refractivity contribution is 0.108. The van der Waals surface area contributed by atoms with Crippen molar-refractivity contribution in [2.24, 2.45) is 5.92 Å². The Morgan fingerprint density at radius 3 is 3.00 bits per heavy atom. The van der Waals surface area contributed by atoms with Gasteiger partial charge in [-0.25, -0.2) is 0 Å². The molecular weight excluding hydrogens is 200 g/mol. The molecule has 2 rings (SSSR count). The molecule has 0 spiro atoms. The van der Waals surface area contributed by atoms with Gasteiger partial charge in [-0.2, -0.15) is 0 Å². The number of nitrogens with one attached hydrogen (secondary N) is 1. The van der Waals surface area contributed by atoms with Crippen LogP contribution in [0.3, 0.4) is 0 Å². The van der Waals surface area contributed by atoms with E-state index in [4.69, 9.17) is 10.5 Å². The minimum absolute atomic E-state index is 0.360. The molecule has 3 nitrogen and oxygen atoms in total. The van der Waals surface area contributed by atoms with Crippen molar-refractivity contribution in [1.29, 1.82) is 0 Å². The van der Waals surface area contributed by atoms with E-state index in [0.717, 1.165) is 30.9 Å². The van der Waals surface area contributed by atoms with Crippen LogP contribution in [0.25, 0.3) is 0 Å². The Morgan fingerprint density at radius 1 is 1.50 bits per heavy atom. The second kappa shape index (κ2) is 4.74. The van der Waals surface area contributed by atoms with Crippen LogP contribution in [0.15, 0.2) is 18.2 Å². The van der Waals surface area contributed by atoms with Gasteiger partial charge in [0.05, 0.1) is 17.5 Å². The molecule has 1 heterocycles. The van der Waals surface area contributed by atoms with E-state index in [1.165, 1.54) is 5.56 Å². The fourth-order valence-electron chi connectivity index (χ4n) is 2.11. The molecule has 0 bridgehead atoms. The first-order valence-electron chi connectivity index (χ1n) is 5.88. The molecule has 0 aromatic heterocycles. The summed E-state index contributed by atoms with van der Waals surface area (Å²) in [6.07, 6.45) is 1.50. The summed E-state index contributed by atoms with van der Waals surface area (Å²) in [4.78, 5) is 0. The maximum absolute atomic E-state index is 5.92. The summed E-state index contributed by atoms with van der Waals surface area (Å²) < 4.78 is 5.54. The Kier molecular flexibility index (Phi) is 3.34. The fraction of sp³-hybridized carbons (Fsp3) is 0.538. The summed E-state index contributed by atoms with van der Waals surface area (Å²) in [5.41, 5.74) is 9.00. The Balaban J connectivity index is 1.96. The van der Waals surface area contributed by atoms with Gasteiger partial charge in [-0.15, -0.1) is 0 Å². The fourth-order valence-corrected chi connectivity index (χ4v) is 2.11. The maximum atomic E-state index is 5.92. The molecule has 2 unspecified atom stereocenters. The monoisotopic (exact) mass is 220 g/mol. The molecule has 1 saturated heterocycles. The summed E-state index contributed by atoms with van der Waals surface area (Å²) in [6, 6.07) is 6.07. The van der Waals surface area contributed by atoms with Crippen LogP contribution < -0.4 is 11.1 Å². The number of hydrogen-bond acceptors (Lipinski definition) is 3. The standard InChI is InChI=1S/C13H20N2O/c1-9-3-4-12(14)13(7-9)15-8-11-5-6-16-10(11)2/h3-4,7,10-11,15H,5-6,8,14H2,1-2H3. The van der Waals surface area contributed by atoms with E-state index >= 15 is 0 Å². The molecule has 1 aliphatic heterocycles. The molecule has 16 heavy (non-hydrogen) atoms. The normalized spacial score (nSPS) is 24.6. The third kappa shape index (κ3) is 2.47. The van der Waals surface area contributed by atoms with Crippen LogP contribution in [0.1, 0.15) is 18.9 Å². The molecule has 1 aliphatic rings. The summed E-state index contributed by atoms with van der Waals surface area (Å²) in [5.74, 6) is 0.597. The van der Waals surface area contributed by atoms with Gasteiger partial charge in [0.1, 0.15) is 0 Å². The van der Waals surface area contributed by atoms with E-state index in [0.29, 0.717) is 12.0 Å². The highest BCUT2D eigenvalue weighted by Crippen LogP contribution is 2.24. The summed E-state index contributed by atoms with van der Waals surface area (Å²) in [6.45, 7) is 6.04. The largest absolute Gasteiger partial charge is 0.397 e. The van der Waals surface area contributed by atoms with E-state index in [2.05, 4.69) is 25.2 Å². The summed E-state index contributed by atoms with van der Waals surface area (Å²) in [7, 11) is 0. The molecule has 1 aromatic rings. The Hall–Kier alpha value is -1.22. The molecule has 0 radical (unpaired) electrons. The zero-order chi connectivity index (χ0) is 11.5. The van der Waals surface area contributed by atoms with Gasteiger partial charge < -0.3 is 15.8 Å². The first kappa shape index (κ1) is 11.3. The van der Waals surface area contributed by atoms with Crippen molar-refractivity contribution in [2.45, 2.75) is 26.4 Å². The minimum Gasteiger partial charge on any atom is -0.397 e. The second-order valence-corrected chi connectivity index (χ2v) is 4.60. The lowest BCUT2D eigenvalue weighted by Gasteiger charge is -2.17. The average molecular weight is 220 g/mol. The van der Waals surface area contributed by atoms with Gasteiger partial charge in [-0.3, -0.25) is 0 Å². The Morgan fingerprint density at radius 2 is 2.31 bits per heavy atom. The van der Waals surface area contributed by atoms with E-state index in [1.807, 2.05) is 12.1 Å². The zero-order valence-corrected chi connectivity index (χ0v) is 9.99. The summed E-state index contributed by atoms with van der Waals surface area (Å²) in [5, 5.41) is 3.42. The molecule has 2 atom stereocenters. The van der Waals surface area contributed by atoms with E-state index in [1.54, 1.807) is 0 Å². The van der Waals surface area contributed by atoms with Crippen LogP contribution in [-0.2, 0) is 4.74 Å². The van der Waals surface area contributed by atoms with Crippen LogP contribution >= 0.6 is 0 Å². The molecule has 88 valence electrons. The number of nitrogen functional groups attached to an aromatic ring is 1. The van der Waals surface area contributed by atoms with Gasteiger partial charge in [0.25, 0.3) is 0 Å². The number of hydrogen-bond donors (Lipinski definition) is 2. The highest BCUT2D eigenvalue weighted by Gasteiger charge is 2.23. The molecule has 3 heteroatoms. The predicted octanol–water partition coefficient (Wildman–Crippen LogP) is 2.41.